The Morgan fingerprint density at radius 1 is 1.12 bits per heavy atom. The Kier molecular flexibility index (Phi) is 6.96. The van der Waals surface area contributed by atoms with Gasteiger partial charge in [-0.05, 0) is 63.2 Å². The molecule has 12 heteroatoms. The molecule has 2 aliphatic carbocycles. The van der Waals surface area contributed by atoms with Crippen LogP contribution in [0.3, 0.4) is 0 Å². The van der Waals surface area contributed by atoms with Crippen LogP contribution in [0.4, 0.5) is 10.1 Å². The largest absolute Gasteiger partial charge is 1.00 e. The molecule has 228 valence electrons. The van der Waals surface area contributed by atoms with Crippen molar-refractivity contribution < 1.29 is 50.7 Å². The number of rotatable bonds is 5. The molecule has 3 fully saturated rings. The van der Waals surface area contributed by atoms with Gasteiger partial charge in [-0.3, -0.25) is 9.69 Å². The van der Waals surface area contributed by atoms with Crippen LogP contribution in [0.2, 0.25) is 0 Å². The zero-order chi connectivity index (χ0) is 29.7. The van der Waals surface area contributed by atoms with Crippen LogP contribution in [0.15, 0.2) is 45.7 Å². The molecule has 1 saturated carbocycles. The number of carbonyl (C=O) groups excluding carboxylic acids is 1. The third kappa shape index (κ3) is 4.30. The number of nitrogens with zero attached hydrogens (tertiary/aromatic N) is 4. The molecule has 1 aromatic carbocycles. The van der Waals surface area contributed by atoms with Gasteiger partial charge in [0, 0.05) is 35.2 Å². The first-order valence-corrected chi connectivity index (χ1v) is 14.6. The number of benzene rings is 1. The fourth-order valence-corrected chi connectivity index (χ4v) is 8.04. The number of piperidine rings is 1. The minimum atomic E-state index is -1.30. The Morgan fingerprint density at radius 2 is 1.86 bits per heavy atom. The number of carboxylic acids is 2. The van der Waals surface area contributed by atoms with Crippen LogP contribution in [0.1, 0.15) is 61.4 Å². The van der Waals surface area contributed by atoms with Crippen LogP contribution in [0.5, 0.6) is 5.75 Å². The number of fused-ring (bicyclic) bond motifs is 4. The maximum atomic E-state index is 16.1. The second kappa shape index (κ2) is 10.2. The fraction of sp³-hybridized carbons (Fsp3) is 0.484. The molecule has 0 bridgehead atoms. The quantitative estimate of drug-likeness (QED) is 0.371. The minimum Gasteiger partial charge on any atom is -1.00 e. The SMILES string of the molecule is COc1c2c(cc(F)c1N1C[C@@H]3CCC[N+]4(CN5C(C)=CC(C)=C(C(=O)O)C5=N4)[C@@H]3C1)C(=O)C(C(=O)O)=CC2C1CC1.[Cl-]. The van der Waals surface area contributed by atoms with E-state index >= 15 is 4.39 Å². The number of Topliss-reactive ketones (excluding diaryl/α,β-unsaturated/α-hetero) is 1. The molecular formula is C31H34ClFN4O6. The highest BCUT2D eigenvalue weighted by atomic mass is 35.5. The molecule has 4 heterocycles. The van der Waals surface area contributed by atoms with E-state index in [9.17, 15) is 24.6 Å². The third-order valence-electron chi connectivity index (χ3n) is 10.1. The highest BCUT2D eigenvalue weighted by Gasteiger charge is 2.57. The van der Waals surface area contributed by atoms with E-state index in [1.165, 1.54) is 19.3 Å². The summed E-state index contributed by atoms with van der Waals surface area (Å²) in [7, 11) is 1.47. The van der Waals surface area contributed by atoms with Gasteiger partial charge < -0.3 is 32.3 Å². The topological polar surface area (TPSA) is 120 Å². The van der Waals surface area contributed by atoms with Gasteiger partial charge >= 0.3 is 11.9 Å². The summed E-state index contributed by atoms with van der Waals surface area (Å²) in [5, 5.41) is 24.8. The molecule has 6 aliphatic rings. The molecule has 7 rings (SSSR count). The summed E-state index contributed by atoms with van der Waals surface area (Å²) in [4.78, 5) is 41.2. The number of halogens is 2. The van der Waals surface area contributed by atoms with E-state index in [4.69, 9.17) is 9.84 Å². The van der Waals surface area contributed by atoms with Crippen LogP contribution in [0, 0.1) is 17.7 Å². The standard InChI is InChI=1S/C31H33FN4O6.ClH/c1-15-9-16(2)35-14-36(33-29(35)24(15)31(40)41)8-4-5-18-12-34(13-23(18)36)26-22(32)11-20-25(28(26)42-3)19(17-6-7-17)10-21(27(20)37)30(38)39;/h9-11,17-19,23H,4-8,12-14H2,1-3H3,(H-,38,39,40,41);1H/t18-,19?,23+,36?;/m0./s1. The number of hydrogen-bond donors (Lipinski definition) is 2. The summed E-state index contributed by atoms with van der Waals surface area (Å²) in [6, 6.07) is 1.21. The Bertz CT molecular complexity index is 1600. The first kappa shape index (κ1) is 29.4. The van der Waals surface area contributed by atoms with Gasteiger partial charge in [0.15, 0.2) is 12.5 Å². The van der Waals surface area contributed by atoms with Crippen LogP contribution < -0.4 is 22.0 Å². The number of ketones is 1. The lowest BCUT2D eigenvalue weighted by Gasteiger charge is -2.41. The predicted octanol–water partition coefficient (Wildman–Crippen LogP) is 0.860. The number of quaternary nitrogens is 1. The Balaban J connectivity index is 0.00000329. The van der Waals surface area contributed by atoms with E-state index in [1.807, 2.05) is 22.8 Å². The molecule has 4 atom stereocenters. The highest BCUT2D eigenvalue weighted by molar-refractivity contribution is 6.25. The van der Waals surface area contributed by atoms with Crippen LogP contribution in [-0.2, 0) is 9.59 Å². The molecule has 0 amide bonds. The Hall–Kier alpha value is -3.70. The van der Waals surface area contributed by atoms with Crippen molar-refractivity contribution in [2.45, 2.75) is 51.5 Å². The molecule has 2 N–H and O–H groups in total. The van der Waals surface area contributed by atoms with E-state index in [2.05, 4.69) is 0 Å². The number of aliphatic carboxylic acids is 2. The molecule has 4 aliphatic heterocycles. The Morgan fingerprint density at radius 3 is 2.51 bits per heavy atom. The van der Waals surface area contributed by atoms with Gasteiger partial charge in [-0.15, -0.1) is 0 Å². The van der Waals surface area contributed by atoms with Gasteiger partial charge in [0.25, 0.3) is 0 Å². The number of methoxy groups -OCH3 is 1. The van der Waals surface area contributed by atoms with Crippen LogP contribution >= 0.6 is 0 Å². The van der Waals surface area contributed by atoms with E-state index in [-0.39, 0.29) is 52.9 Å². The second-order valence-corrected chi connectivity index (χ2v) is 12.5. The van der Waals surface area contributed by atoms with E-state index in [0.29, 0.717) is 52.8 Å². The smallest absolute Gasteiger partial charge is 0.339 e. The van der Waals surface area contributed by atoms with Crippen molar-refractivity contribution >= 4 is 29.2 Å². The molecule has 1 aromatic rings. The number of carbonyl (C=O) groups is 3. The summed E-state index contributed by atoms with van der Waals surface area (Å²) >= 11 is 0. The normalized spacial score (nSPS) is 29.3. The molecule has 2 saturated heterocycles. The van der Waals surface area contributed by atoms with Crippen LogP contribution in [0.25, 0.3) is 0 Å². The summed E-state index contributed by atoms with van der Waals surface area (Å²) in [6.07, 6.45) is 7.09. The van der Waals surface area contributed by atoms with Gasteiger partial charge in [0.2, 0.25) is 11.6 Å². The maximum Gasteiger partial charge on any atom is 0.339 e. The number of ether oxygens (including phenoxy) is 1. The first-order valence-electron chi connectivity index (χ1n) is 14.6. The lowest BCUT2D eigenvalue weighted by atomic mass is 9.79. The molecule has 43 heavy (non-hydrogen) atoms. The second-order valence-electron chi connectivity index (χ2n) is 12.5. The first-order chi connectivity index (χ1) is 20.0. The summed E-state index contributed by atoms with van der Waals surface area (Å²) < 4.78 is 22.3. The van der Waals surface area contributed by atoms with Crippen molar-refractivity contribution in [2.75, 3.05) is 38.3 Å². The molecule has 1 spiro atoms. The average molecular weight is 613 g/mol. The lowest BCUT2D eigenvalue weighted by Crippen LogP contribution is -3.00. The lowest BCUT2D eigenvalue weighted by molar-refractivity contribution is -0.963. The molecule has 0 aromatic heterocycles. The summed E-state index contributed by atoms with van der Waals surface area (Å²) in [5.74, 6) is -2.76. The van der Waals surface area contributed by atoms with Gasteiger partial charge in [-0.1, -0.05) is 11.2 Å². The van der Waals surface area contributed by atoms with Crippen molar-refractivity contribution in [2.24, 2.45) is 16.9 Å². The molecular weight excluding hydrogens is 579 g/mol. The number of anilines is 1. The number of hydrogen-bond acceptors (Lipinski definition) is 7. The number of allylic oxidation sites excluding steroid dienone is 4. The van der Waals surface area contributed by atoms with Gasteiger partial charge in [-0.25, -0.2) is 14.0 Å². The Labute approximate surface area is 254 Å². The van der Waals surface area contributed by atoms with Crippen molar-refractivity contribution in [3.05, 3.63) is 57.6 Å². The van der Waals surface area contributed by atoms with Crippen LogP contribution in [-0.4, -0.2) is 82.7 Å². The van der Waals surface area contributed by atoms with E-state index in [0.717, 1.165) is 37.9 Å². The van der Waals surface area contributed by atoms with Gasteiger partial charge in [0.1, 0.15) is 35.2 Å². The predicted molar refractivity (Wildman–Crippen MR) is 151 cm³/mol. The number of carboxylic acid groups (broad SMARTS) is 2. The minimum absolute atomic E-state index is 0. The monoisotopic (exact) mass is 612 g/mol. The zero-order valence-corrected chi connectivity index (χ0v) is 25.0. The molecule has 2 unspecified atom stereocenters. The van der Waals surface area contributed by atoms with E-state index < -0.39 is 23.5 Å². The maximum absolute atomic E-state index is 16.1. The highest BCUT2D eigenvalue weighted by Crippen LogP contribution is 2.54. The zero-order valence-electron chi connectivity index (χ0n) is 24.3. The van der Waals surface area contributed by atoms with Crippen molar-refractivity contribution in [1.29, 1.82) is 0 Å². The van der Waals surface area contributed by atoms with Crippen molar-refractivity contribution in [3.63, 3.8) is 0 Å². The summed E-state index contributed by atoms with van der Waals surface area (Å²) in [6.45, 7) is 6.13. The van der Waals surface area contributed by atoms with E-state index in [1.54, 1.807) is 6.92 Å². The summed E-state index contributed by atoms with van der Waals surface area (Å²) in [5.41, 5.74) is 2.49. The van der Waals surface area contributed by atoms with Crippen molar-refractivity contribution in [3.8, 4) is 5.75 Å². The molecule has 10 nitrogen and oxygen atoms in total. The van der Waals surface area contributed by atoms with Gasteiger partial charge in [0.05, 0.1) is 13.7 Å². The van der Waals surface area contributed by atoms with Crippen molar-refractivity contribution in [1.82, 2.24) is 4.90 Å². The fourth-order valence-electron chi connectivity index (χ4n) is 8.04. The number of amidine groups is 1. The third-order valence-corrected chi connectivity index (χ3v) is 10.1. The van der Waals surface area contributed by atoms with Gasteiger partial charge in [-0.2, -0.15) is 4.59 Å². The molecule has 0 radical (unpaired) electrons. The average Bonchev–Trinajstić information content (AvgIpc) is 3.57.